The molecule has 19 heavy (non-hydrogen) atoms. The molecule has 1 aromatic carbocycles. The van der Waals surface area contributed by atoms with Crippen LogP contribution in [0.5, 0.6) is 0 Å². The van der Waals surface area contributed by atoms with E-state index in [0.29, 0.717) is 24.3 Å². The molecule has 0 bridgehead atoms. The molecule has 0 saturated heterocycles. The SMILES string of the molecule is Cc1nn(C)c(F)c1CNCc1ccc(F)cc1.Cl. The number of aromatic nitrogens is 2. The Bertz CT molecular complexity index is 538. The highest BCUT2D eigenvalue weighted by Crippen LogP contribution is 2.11. The number of nitrogens with one attached hydrogen (secondary N) is 1. The minimum atomic E-state index is -0.320. The maximum Gasteiger partial charge on any atom is 0.215 e. The first-order valence-electron chi connectivity index (χ1n) is 5.71. The van der Waals surface area contributed by atoms with Crippen molar-refractivity contribution >= 4 is 12.4 Å². The maximum atomic E-state index is 13.6. The zero-order valence-corrected chi connectivity index (χ0v) is 11.6. The minimum absolute atomic E-state index is 0. The van der Waals surface area contributed by atoms with Gasteiger partial charge in [-0.15, -0.1) is 12.4 Å². The van der Waals surface area contributed by atoms with E-state index in [-0.39, 0.29) is 24.2 Å². The lowest BCUT2D eigenvalue weighted by atomic mass is 10.2. The second kappa shape index (κ2) is 6.63. The van der Waals surface area contributed by atoms with Crippen LogP contribution in [0.3, 0.4) is 0 Å². The van der Waals surface area contributed by atoms with E-state index < -0.39 is 0 Å². The molecule has 2 rings (SSSR count). The third-order valence-corrected chi connectivity index (χ3v) is 2.81. The fourth-order valence-corrected chi connectivity index (χ4v) is 1.81. The number of nitrogens with zero attached hydrogens (tertiary/aromatic N) is 2. The molecule has 0 aliphatic carbocycles. The molecule has 0 radical (unpaired) electrons. The molecule has 0 aliphatic rings. The quantitative estimate of drug-likeness (QED) is 0.937. The first kappa shape index (κ1) is 15.6. The van der Waals surface area contributed by atoms with Crippen molar-refractivity contribution in [3.8, 4) is 0 Å². The summed E-state index contributed by atoms with van der Waals surface area (Å²) in [6.45, 7) is 2.74. The fourth-order valence-electron chi connectivity index (χ4n) is 1.81. The van der Waals surface area contributed by atoms with Gasteiger partial charge in [-0.1, -0.05) is 12.1 Å². The Balaban J connectivity index is 0.00000180. The summed E-state index contributed by atoms with van der Waals surface area (Å²) in [5.74, 6) is -0.577. The number of hydrogen-bond acceptors (Lipinski definition) is 2. The highest BCUT2D eigenvalue weighted by Gasteiger charge is 2.11. The fraction of sp³-hybridized carbons (Fsp3) is 0.308. The van der Waals surface area contributed by atoms with Crippen molar-refractivity contribution in [1.82, 2.24) is 15.1 Å². The molecule has 1 N–H and O–H groups in total. The number of aryl methyl sites for hydroxylation is 2. The van der Waals surface area contributed by atoms with E-state index in [1.165, 1.54) is 16.8 Å². The third-order valence-electron chi connectivity index (χ3n) is 2.81. The Hall–Kier alpha value is -1.46. The van der Waals surface area contributed by atoms with E-state index in [9.17, 15) is 8.78 Å². The van der Waals surface area contributed by atoms with Gasteiger partial charge in [0.25, 0.3) is 0 Å². The van der Waals surface area contributed by atoms with Crippen molar-refractivity contribution in [2.45, 2.75) is 20.0 Å². The molecule has 6 heteroatoms. The summed E-state index contributed by atoms with van der Waals surface area (Å²) in [5, 5.41) is 7.12. The lowest BCUT2D eigenvalue weighted by molar-refractivity contribution is 0.489. The van der Waals surface area contributed by atoms with Gasteiger partial charge in [0.1, 0.15) is 5.82 Å². The van der Waals surface area contributed by atoms with E-state index in [0.717, 1.165) is 5.56 Å². The van der Waals surface area contributed by atoms with Crippen molar-refractivity contribution in [2.75, 3.05) is 0 Å². The predicted octanol–water partition coefficient (Wildman–Crippen LogP) is 2.72. The van der Waals surface area contributed by atoms with Crippen molar-refractivity contribution in [1.29, 1.82) is 0 Å². The van der Waals surface area contributed by atoms with Crippen LogP contribution in [0, 0.1) is 18.7 Å². The summed E-state index contributed by atoms with van der Waals surface area (Å²) < 4.78 is 27.5. The molecular weight excluding hydrogens is 272 g/mol. The molecule has 1 heterocycles. The lowest BCUT2D eigenvalue weighted by Crippen LogP contribution is -2.14. The summed E-state index contributed by atoms with van der Waals surface area (Å²) in [5.41, 5.74) is 2.21. The number of hydrogen-bond donors (Lipinski definition) is 1. The Morgan fingerprint density at radius 3 is 2.32 bits per heavy atom. The molecule has 0 spiro atoms. The molecule has 2 aromatic rings. The summed E-state index contributed by atoms with van der Waals surface area (Å²) in [6, 6.07) is 6.23. The standard InChI is InChI=1S/C13H15F2N3.ClH/c1-9-12(13(15)18(2)17-9)8-16-7-10-3-5-11(14)6-4-10;/h3-6,16H,7-8H2,1-2H3;1H. The minimum Gasteiger partial charge on any atom is -0.308 e. The van der Waals surface area contributed by atoms with Crippen LogP contribution < -0.4 is 5.32 Å². The molecule has 0 fully saturated rings. The lowest BCUT2D eigenvalue weighted by Gasteiger charge is -2.04. The maximum absolute atomic E-state index is 13.6. The largest absolute Gasteiger partial charge is 0.308 e. The molecule has 0 aliphatic heterocycles. The van der Waals surface area contributed by atoms with E-state index in [1.54, 1.807) is 26.1 Å². The van der Waals surface area contributed by atoms with Crippen LogP contribution in [0.4, 0.5) is 8.78 Å². The Labute approximate surface area is 117 Å². The van der Waals surface area contributed by atoms with Crippen LogP contribution in [0.25, 0.3) is 0 Å². The zero-order valence-electron chi connectivity index (χ0n) is 10.8. The third kappa shape index (κ3) is 3.75. The van der Waals surface area contributed by atoms with E-state index in [1.807, 2.05) is 0 Å². The van der Waals surface area contributed by atoms with E-state index in [4.69, 9.17) is 0 Å². The normalized spacial score (nSPS) is 10.3. The van der Waals surface area contributed by atoms with Gasteiger partial charge in [0.2, 0.25) is 5.95 Å². The Morgan fingerprint density at radius 1 is 1.16 bits per heavy atom. The molecule has 0 amide bonds. The smallest absolute Gasteiger partial charge is 0.215 e. The van der Waals surface area contributed by atoms with Crippen LogP contribution in [0.2, 0.25) is 0 Å². The summed E-state index contributed by atoms with van der Waals surface area (Å²) in [6.07, 6.45) is 0. The average molecular weight is 288 g/mol. The van der Waals surface area contributed by atoms with Crippen molar-refractivity contribution in [3.63, 3.8) is 0 Å². The van der Waals surface area contributed by atoms with Crippen molar-refractivity contribution in [3.05, 3.63) is 52.9 Å². The molecule has 1 aromatic heterocycles. The molecule has 0 atom stereocenters. The Morgan fingerprint density at radius 2 is 1.79 bits per heavy atom. The van der Waals surface area contributed by atoms with Crippen LogP contribution in [-0.4, -0.2) is 9.78 Å². The van der Waals surface area contributed by atoms with Gasteiger partial charge in [-0.3, -0.25) is 0 Å². The van der Waals surface area contributed by atoms with Gasteiger partial charge in [0.05, 0.1) is 5.69 Å². The highest BCUT2D eigenvalue weighted by atomic mass is 35.5. The number of halogens is 3. The van der Waals surface area contributed by atoms with Gasteiger partial charge in [-0.05, 0) is 24.6 Å². The predicted molar refractivity (Wildman–Crippen MR) is 72.1 cm³/mol. The van der Waals surface area contributed by atoms with Crippen LogP contribution in [0.15, 0.2) is 24.3 Å². The van der Waals surface area contributed by atoms with Crippen LogP contribution in [-0.2, 0) is 20.1 Å². The molecular formula is C13H16ClF2N3. The van der Waals surface area contributed by atoms with E-state index >= 15 is 0 Å². The van der Waals surface area contributed by atoms with Gasteiger partial charge in [0, 0.05) is 25.7 Å². The molecule has 0 saturated carbocycles. The summed E-state index contributed by atoms with van der Waals surface area (Å²) in [4.78, 5) is 0. The second-order valence-electron chi connectivity index (χ2n) is 4.21. The first-order chi connectivity index (χ1) is 8.58. The van der Waals surface area contributed by atoms with Crippen molar-refractivity contribution < 1.29 is 8.78 Å². The molecule has 104 valence electrons. The van der Waals surface area contributed by atoms with Crippen LogP contribution >= 0.6 is 12.4 Å². The monoisotopic (exact) mass is 287 g/mol. The molecule has 3 nitrogen and oxygen atoms in total. The summed E-state index contributed by atoms with van der Waals surface area (Å²) >= 11 is 0. The molecule has 0 unspecified atom stereocenters. The van der Waals surface area contributed by atoms with Gasteiger partial charge in [0.15, 0.2) is 0 Å². The number of rotatable bonds is 4. The second-order valence-corrected chi connectivity index (χ2v) is 4.21. The number of benzene rings is 1. The topological polar surface area (TPSA) is 29.9 Å². The van der Waals surface area contributed by atoms with Crippen LogP contribution in [0.1, 0.15) is 16.8 Å². The van der Waals surface area contributed by atoms with Gasteiger partial charge in [-0.2, -0.15) is 9.49 Å². The Kier molecular flexibility index (Phi) is 5.44. The highest BCUT2D eigenvalue weighted by molar-refractivity contribution is 5.85. The van der Waals surface area contributed by atoms with E-state index in [2.05, 4.69) is 10.4 Å². The first-order valence-corrected chi connectivity index (χ1v) is 5.71. The van der Waals surface area contributed by atoms with Crippen molar-refractivity contribution in [2.24, 2.45) is 7.05 Å². The van der Waals surface area contributed by atoms with Gasteiger partial charge in [-0.25, -0.2) is 9.07 Å². The zero-order chi connectivity index (χ0) is 13.1. The summed E-state index contributed by atoms with van der Waals surface area (Å²) in [7, 11) is 1.58. The van der Waals surface area contributed by atoms with Gasteiger partial charge < -0.3 is 5.32 Å². The van der Waals surface area contributed by atoms with Gasteiger partial charge >= 0.3 is 0 Å². The average Bonchev–Trinajstić information content (AvgIpc) is 2.58.